The maximum absolute atomic E-state index is 12.7. The molecule has 1 unspecified atom stereocenters. The average Bonchev–Trinajstić information content (AvgIpc) is 2.96. The summed E-state index contributed by atoms with van der Waals surface area (Å²) in [5, 5.41) is 24.5. The van der Waals surface area contributed by atoms with Crippen molar-refractivity contribution in [3.63, 3.8) is 0 Å². The summed E-state index contributed by atoms with van der Waals surface area (Å²) in [5.74, 6) is -1.58. The van der Waals surface area contributed by atoms with Crippen LogP contribution < -0.4 is 10.6 Å². The molecule has 4 N–H and O–H groups in total. The zero-order chi connectivity index (χ0) is 22.9. The number of carbonyl (C=O) groups is 3. The number of hydrogen-bond donors (Lipinski definition) is 4. The first kappa shape index (κ1) is 23.5. The van der Waals surface area contributed by atoms with Crippen LogP contribution in [0.15, 0.2) is 24.3 Å². The number of halogens is 3. The fraction of sp³-hybridized carbons (Fsp3) is 0.526. The van der Waals surface area contributed by atoms with E-state index in [0.717, 1.165) is 17.0 Å². The molecule has 3 amide bonds. The maximum Gasteiger partial charge on any atom is 0.416 e. The number of alkyl halides is 3. The Morgan fingerprint density at radius 3 is 2.33 bits per heavy atom. The molecule has 11 heteroatoms. The number of rotatable bonds is 4. The Labute approximate surface area is 171 Å². The van der Waals surface area contributed by atoms with E-state index in [0.29, 0.717) is 6.07 Å². The molecule has 3 atom stereocenters. The van der Waals surface area contributed by atoms with Gasteiger partial charge in [-0.3, -0.25) is 9.59 Å². The van der Waals surface area contributed by atoms with Crippen LogP contribution in [0.25, 0.3) is 0 Å². The Balaban J connectivity index is 1.98. The summed E-state index contributed by atoms with van der Waals surface area (Å²) in [6, 6.07) is 2.13. The lowest BCUT2D eigenvalue weighted by Gasteiger charge is -2.35. The molecule has 1 aliphatic heterocycles. The highest BCUT2D eigenvalue weighted by Crippen LogP contribution is 2.33. The largest absolute Gasteiger partial charge is 0.465 e. The number of amides is 3. The molecule has 0 saturated carbocycles. The average molecular weight is 431 g/mol. The minimum absolute atomic E-state index is 0.133. The third-order valence-corrected chi connectivity index (χ3v) is 4.81. The monoisotopic (exact) mass is 431 g/mol. The molecule has 30 heavy (non-hydrogen) atoms. The Hall–Kier alpha value is -2.82. The number of aliphatic hydroxyl groups excluding tert-OH is 1. The first-order valence-electron chi connectivity index (χ1n) is 9.14. The molecule has 0 aromatic heterocycles. The standard InChI is InChI=1S/C19H24F3N3O5/c1-18(2,3)15-14(27)12(9-25(15)17(29)30)24-13(26)8-23-16(28)10-5-4-6-11(7-10)19(20,21)22/h4-7,12,14-15,27H,8-9H2,1-3H3,(H,23,28)(H,24,26)(H,29,30)/t12-,14-,15?/m0/s1. The highest BCUT2D eigenvalue weighted by atomic mass is 19.4. The molecule has 1 aliphatic rings. The van der Waals surface area contributed by atoms with Gasteiger partial charge >= 0.3 is 12.3 Å². The summed E-state index contributed by atoms with van der Waals surface area (Å²) in [6.07, 6.45) is -7.00. The molecule has 1 saturated heterocycles. The smallest absolute Gasteiger partial charge is 0.416 e. The number of carboxylic acid groups (broad SMARTS) is 1. The van der Waals surface area contributed by atoms with Crippen molar-refractivity contribution in [3.8, 4) is 0 Å². The zero-order valence-corrected chi connectivity index (χ0v) is 16.7. The summed E-state index contributed by atoms with van der Waals surface area (Å²) in [4.78, 5) is 36.7. The van der Waals surface area contributed by atoms with Gasteiger partial charge in [0, 0.05) is 12.1 Å². The van der Waals surface area contributed by atoms with Gasteiger partial charge < -0.3 is 25.7 Å². The third kappa shape index (κ3) is 5.41. The predicted molar refractivity (Wildman–Crippen MR) is 99.7 cm³/mol. The Morgan fingerprint density at radius 2 is 1.83 bits per heavy atom. The quantitative estimate of drug-likeness (QED) is 0.579. The third-order valence-electron chi connectivity index (χ3n) is 4.81. The molecule has 1 aromatic rings. The molecule has 8 nitrogen and oxygen atoms in total. The van der Waals surface area contributed by atoms with E-state index in [-0.39, 0.29) is 12.1 Å². The van der Waals surface area contributed by atoms with Gasteiger partial charge in [-0.15, -0.1) is 0 Å². The van der Waals surface area contributed by atoms with Crippen molar-refractivity contribution < 1.29 is 37.8 Å². The molecule has 0 bridgehead atoms. The van der Waals surface area contributed by atoms with Crippen molar-refractivity contribution in [1.29, 1.82) is 0 Å². The van der Waals surface area contributed by atoms with Gasteiger partial charge in [-0.1, -0.05) is 26.8 Å². The van der Waals surface area contributed by atoms with Gasteiger partial charge in [0.2, 0.25) is 5.91 Å². The number of hydrogen-bond acceptors (Lipinski definition) is 4. The normalized spacial score (nSPS) is 22.0. The second-order valence-electron chi connectivity index (χ2n) is 8.17. The van der Waals surface area contributed by atoms with Crippen LogP contribution in [0, 0.1) is 5.41 Å². The highest BCUT2D eigenvalue weighted by Gasteiger charge is 2.49. The van der Waals surface area contributed by atoms with Crippen molar-refractivity contribution in [2.45, 2.75) is 45.1 Å². The fourth-order valence-electron chi connectivity index (χ4n) is 3.50. The van der Waals surface area contributed by atoms with E-state index in [9.17, 15) is 37.8 Å². The van der Waals surface area contributed by atoms with E-state index in [1.54, 1.807) is 20.8 Å². The second-order valence-corrected chi connectivity index (χ2v) is 8.17. The fourth-order valence-corrected chi connectivity index (χ4v) is 3.50. The van der Waals surface area contributed by atoms with E-state index in [1.165, 1.54) is 6.07 Å². The van der Waals surface area contributed by atoms with Crippen molar-refractivity contribution in [2.75, 3.05) is 13.1 Å². The van der Waals surface area contributed by atoms with Crippen molar-refractivity contribution in [2.24, 2.45) is 5.41 Å². The summed E-state index contributed by atoms with van der Waals surface area (Å²) in [6.45, 7) is 4.60. The van der Waals surface area contributed by atoms with Crippen LogP contribution in [-0.2, 0) is 11.0 Å². The molecule has 0 spiro atoms. The number of nitrogens with one attached hydrogen (secondary N) is 2. The molecule has 2 rings (SSSR count). The van der Waals surface area contributed by atoms with Crippen LogP contribution in [0.4, 0.5) is 18.0 Å². The topological polar surface area (TPSA) is 119 Å². The van der Waals surface area contributed by atoms with Gasteiger partial charge in [0.15, 0.2) is 0 Å². The van der Waals surface area contributed by atoms with Gasteiger partial charge in [0.1, 0.15) is 0 Å². The zero-order valence-electron chi connectivity index (χ0n) is 16.7. The number of nitrogens with zero attached hydrogens (tertiary/aromatic N) is 1. The van der Waals surface area contributed by atoms with Crippen molar-refractivity contribution >= 4 is 17.9 Å². The van der Waals surface area contributed by atoms with Crippen molar-refractivity contribution in [3.05, 3.63) is 35.4 Å². The minimum Gasteiger partial charge on any atom is -0.465 e. The first-order chi connectivity index (χ1) is 13.7. The van der Waals surface area contributed by atoms with Gasteiger partial charge in [0.05, 0.1) is 30.3 Å². The van der Waals surface area contributed by atoms with Crippen molar-refractivity contribution in [1.82, 2.24) is 15.5 Å². The minimum atomic E-state index is -4.61. The van der Waals surface area contributed by atoms with E-state index in [4.69, 9.17) is 0 Å². The van der Waals surface area contributed by atoms with E-state index in [1.807, 2.05) is 0 Å². The summed E-state index contributed by atoms with van der Waals surface area (Å²) in [5.41, 5.74) is -1.84. The summed E-state index contributed by atoms with van der Waals surface area (Å²) < 4.78 is 38.2. The number of benzene rings is 1. The molecule has 0 aliphatic carbocycles. The van der Waals surface area contributed by atoms with Crippen LogP contribution in [0.2, 0.25) is 0 Å². The first-order valence-corrected chi connectivity index (χ1v) is 9.14. The Morgan fingerprint density at radius 1 is 1.20 bits per heavy atom. The Bertz CT molecular complexity index is 822. The Kier molecular flexibility index (Phi) is 6.65. The van der Waals surface area contributed by atoms with Gasteiger partial charge in [-0.05, 0) is 23.6 Å². The summed E-state index contributed by atoms with van der Waals surface area (Å²) >= 11 is 0. The number of carbonyl (C=O) groups excluding carboxylic acids is 2. The molecule has 166 valence electrons. The van der Waals surface area contributed by atoms with Crippen LogP contribution in [0.1, 0.15) is 36.7 Å². The van der Waals surface area contributed by atoms with E-state index >= 15 is 0 Å². The molecular formula is C19H24F3N3O5. The number of likely N-dealkylation sites (tertiary alicyclic amines) is 1. The summed E-state index contributed by atoms with van der Waals surface area (Å²) in [7, 11) is 0. The highest BCUT2D eigenvalue weighted by molar-refractivity contribution is 5.96. The molecule has 1 heterocycles. The van der Waals surface area contributed by atoms with Crippen LogP contribution in [0.5, 0.6) is 0 Å². The van der Waals surface area contributed by atoms with Crippen LogP contribution in [-0.4, -0.2) is 64.3 Å². The predicted octanol–water partition coefficient (Wildman–Crippen LogP) is 1.69. The lowest BCUT2D eigenvalue weighted by Crippen LogP contribution is -2.50. The van der Waals surface area contributed by atoms with Gasteiger partial charge in [0.25, 0.3) is 5.91 Å². The van der Waals surface area contributed by atoms with Crippen LogP contribution >= 0.6 is 0 Å². The lowest BCUT2D eigenvalue weighted by atomic mass is 9.83. The van der Waals surface area contributed by atoms with Gasteiger partial charge in [-0.2, -0.15) is 13.2 Å². The van der Waals surface area contributed by atoms with Crippen LogP contribution in [0.3, 0.4) is 0 Å². The molecule has 0 radical (unpaired) electrons. The lowest BCUT2D eigenvalue weighted by molar-refractivity contribution is -0.137. The van der Waals surface area contributed by atoms with E-state index < -0.39 is 59.8 Å². The second kappa shape index (κ2) is 8.50. The molecular weight excluding hydrogens is 407 g/mol. The molecule has 1 fully saturated rings. The van der Waals surface area contributed by atoms with E-state index in [2.05, 4.69) is 10.6 Å². The van der Waals surface area contributed by atoms with Gasteiger partial charge in [-0.25, -0.2) is 4.79 Å². The SMILES string of the molecule is CC(C)(C)C1[C@@H](O)[C@@H](NC(=O)CNC(=O)c2cccc(C(F)(F)F)c2)CN1C(=O)O. The maximum atomic E-state index is 12.7. The number of aliphatic hydroxyl groups is 1. The molecule has 1 aromatic carbocycles.